The van der Waals surface area contributed by atoms with Crippen molar-refractivity contribution in [3.63, 3.8) is 0 Å². The van der Waals surface area contributed by atoms with Crippen LogP contribution in [-0.4, -0.2) is 60.6 Å². The monoisotopic (exact) mass is 468 g/mol. The van der Waals surface area contributed by atoms with Gasteiger partial charge in [-0.25, -0.2) is 0 Å². The molecule has 0 spiro atoms. The summed E-state index contributed by atoms with van der Waals surface area (Å²) in [6, 6.07) is 0.734. The standard InChI is InChI=1S/C14H30N2.C10H22.C6H13N/c1-7-8-9-16(6)12-10-13(2,3)15-14(4,5)11-12;1-7-10(5,6)8-9(2,3)4;1-7-5-3-2-4-6-7/h12,15H,7-11H2,1-6H3;7-8H2,1-6H3;2-6H2,1H3. The molecule has 0 aromatic carbocycles. The van der Waals surface area contributed by atoms with Gasteiger partial charge in [0.2, 0.25) is 0 Å². The summed E-state index contributed by atoms with van der Waals surface area (Å²) in [6.07, 6.45) is 12.0. The predicted molar refractivity (Wildman–Crippen MR) is 151 cm³/mol. The summed E-state index contributed by atoms with van der Waals surface area (Å²) in [5, 5.41) is 3.75. The van der Waals surface area contributed by atoms with Gasteiger partial charge in [-0.05, 0) is 111 Å². The minimum atomic E-state index is 0.271. The Morgan fingerprint density at radius 1 is 0.879 bits per heavy atom. The summed E-state index contributed by atoms with van der Waals surface area (Å²) in [4.78, 5) is 4.96. The predicted octanol–water partition coefficient (Wildman–Crippen LogP) is 7.99. The topological polar surface area (TPSA) is 18.5 Å². The van der Waals surface area contributed by atoms with Gasteiger partial charge in [0.1, 0.15) is 0 Å². The quantitative estimate of drug-likeness (QED) is 0.427. The lowest BCUT2D eigenvalue weighted by atomic mass is 9.75. The lowest BCUT2D eigenvalue weighted by Crippen LogP contribution is -2.61. The molecule has 2 saturated heterocycles. The minimum absolute atomic E-state index is 0.271. The number of nitrogens with zero attached hydrogens (tertiary/aromatic N) is 2. The zero-order valence-electron chi connectivity index (χ0n) is 25.5. The van der Waals surface area contributed by atoms with Gasteiger partial charge in [0.05, 0.1) is 0 Å². The van der Waals surface area contributed by atoms with Crippen LogP contribution in [0, 0.1) is 10.8 Å². The second-order valence-corrected chi connectivity index (χ2v) is 14.4. The van der Waals surface area contributed by atoms with Crippen LogP contribution in [0.15, 0.2) is 0 Å². The smallest absolute Gasteiger partial charge is 0.0145 e. The van der Waals surface area contributed by atoms with Crippen molar-refractivity contribution in [2.45, 2.75) is 151 Å². The zero-order valence-corrected chi connectivity index (χ0v) is 25.5. The Bertz CT molecular complexity index is 479. The molecule has 0 aliphatic carbocycles. The molecule has 0 bridgehead atoms. The summed E-state index contributed by atoms with van der Waals surface area (Å²) >= 11 is 0. The van der Waals surface area contributed by atoms with E-state index in [-0.39, 0.29) is 11.1 Å². The van der Waals surface area contributed by atoms with Gasteiger partial charge in [-0.15, -0.1) is 0 Å². The van der Waals surface area contributed by atoms with Crippen LogP contribution in [0.1, 0.15) is 134 Å². The molecule has 2 heterocycles. The molecule has 2 rings (SSSR count). The first-order valence-corrected chi connectivity index (χ1v) is 14.1. The summed E-state index contributed by atoms with van der Waals surface area (Å²) in [7, 11) is 4.48. The van der Waals surface area contributed by atoms with Crippen molar-refractivity contribution in [3.8, 4) is 0 Å². The van der Waals surface area contributed by atoms with E-state index in [0.717, 1.165) is 6.04 Å². The van der Waals surface area contributed by atoms with Gasteiger partial charge in [-0.3, -0.25) is 0 Å². The molecule has 33 heavy (non-hydrogen) atoms. The van der Waals surface area contributed by atoms with E-state index in [9.17, 15) is 0 Å². The number of piperidine rings is 2. The van der Waals surface area contributed by atoms with Crippen molar-refractivity contribution in [3.05, 3.63) is 0 Å². The van der Waals surface area contributed by atoms with Gasteiger partial charge in [0.15, 0.2) is 0 Å². The van der Waals surface area contributed by atoms with Gasteiger partial charge in [-0.1, -0.05) is 67.7 Å². The highest BCUT2D eigenvalue weighted by molar-refractivity contribution is 4.99. The van der Waals surface area contributed by atoms with E-state index in [2.05, 4.69) is 105 Å². The minimum Gasteiger partial charge on any atom is -0.307 e. The third-order valence-electron chi connectivity index (χ3n) is 7.20. The largest absolute Gasteiger partial charge is 0.307 e. The molecule has 0 unspecified atom stereocenters. The van der Waals surface area contributed by atoms with E-state index in [1.165, 1.54) is 77.4 Å². The van der Waals surface area contributed by atoms with Crippen molar-refractivity contribution in [1.82, 2.24) is 15.1 Å². The molecule has 0 aromatic rings. The van der Waals surface area contributed by atoms with Crippen LogP contribution in [0.5, 0.6) is 0 Å². The second kappa shape index (κ2) is 14.4. The summed E-state index contributed by atoms with van der Waals surface area (Å²) in [5.41, 5.74) is 1.55. The molecule has 200 valence electrons. The number of likely N-dealkylation sites (tertiary alicyclic amines) is 1. The molecule has 2 fully saturated rings. The Balaban J connectivity index is 0.000000513. The Kier molecular flexibility index (Phi) is 14.4. The van der Waals surface area contributed by atoms with E-state index in [1.807, 2.05) is 0 Å². The molecule has 0 aromatic heterocycles. The van der Waals surface area contributed by atoms with Crippen molar-refractivity contribution >= 4 is 0 Å². The third kappa shape index (κ3) is 17.0. The van der Waals surface area contributed by atoms with Crippen molar-refractivity contribution in [2.24, 2.45) is 10.8 Å². The molecule has 1 N–H and O–H groups in total. The number of nitrogens with one attached hydrogen (secondary N) is 1. The van der Waals surface area contributed by atoms with Gasteiger partial charge in [-0.2, -0.15) is 0 Å². The Morgan fingerprint density at radius 3 is 1.67 bits per heavy atom. The van der Waals surface area contributed by atoms with Crippen LogP contribution in [0.4, 0.5) is 0 Å². The normalized spacial score (nSPS) is 21.6. The maximum Gasteiger partial charge on any atom is 0.0145 e. The van der Waals surface area contributed by atoms with Gasteiger partial charge in [0, 0.05) is 17.1 Å². The summed E-state index contributed by atoms with van der Waals surface area (Å²) in [6.45, 7) is 29.4. The fourth-order valence-electron chi connectivity index (χ4n) is 5.78. The van der Waals surface area contributed by atoms with E-state index >= 15 is 0 Å². The van der Waals surface area contributed by atoms with E-state index in [0.29, 0.717) is 10.8 Å². The van der Waals surface area contributed by atoms with Crippen LogP contribution < -0.4 is 5.32 Å². The van der Waals surface area contributed by atoms with Crippen molar-refractivity contribution in [2.75, 3.05) is 33.7 Å². The van der Waals surface area contributed by atoms with E-state index < -0.39 is 0 Å². The molecule has 0 atom stereocenters. The number of hydrogen-bond donors (Lipinski definition) is 1. The van der Waals surface area contributed by atoms with Crippen LogP contribution in [0.3, 0.4) is 0 Å². The number of hydrogen-bond acceptors (Lipinski definition) is 3. The number of unbranched alkanes of at least 4 members (excludes halogenated alkanes) is 1. The molecular weight excluding hydrogens is 402 g/mol. The fourth-order valence-corrected chi connectivity index (χ4v) is 5.78. The molecule has 0 radical (unpaired) electrons. The molecule has 2 aliphatic heterocycles. The average Bonchev–Trinajstić information content (AvgIpc) is 2.63. The summed E-state index contributed by atoms with van der Waals surface area (Å²) in [5.74, 6) is 0. The highest BCUT2D eigenvalue weighted by Gasteiger charge is 2.38. The van der Waals surface area contributed by atoms with Gasteiger partial charge >= 0.3 is 0 Å². The first-order valence-electron chi connectivity index (χ1n) is 14.1. The fraction of sp³-hybridized carbons (Fsp3) is 1.00. The molecule has 2 aliphatic rings. The zero-order chi connectivity index (χ0) is 25.9. The van der Waals surface area contributed by atoms with Gasteiger partial charge < -0.3 is 15.1 Å². The Hall–Kier alpha value is -0.120. The molecule has 3 nitrogen and oxygen atoms in total. The van der Waals surface area contributed by atoms with Crippen molar-refractivity contribution in [1.29, 1.82) is 0 Å². The van der Waals surface area contributed by atoms with E-state index in [1.54, 1.807) is 0 Å². The van der Waals surface area contributed by atoms with Crippen LogP contribution in [0.2, 0.25) is 0 Å². The maximum absolute atomic E-state index is 3.75. The average molecular weight is 468 g/mol. The third-order valence-corrected chi connectivity index (χ3v) is 7.20. The first kappa shape index (κ1) is 32.9. The Morgan fingerprint density at radius 2 is 1.36 bits per heavy atom. The summed E-state index contributed by atoms with van der Waals surface area (Å²) < 4.78 is 0. The van der Waals surface area contributed by atoms with Crippen LogP contribution in [0.25, 0.3) is 0 Å². The maximum atomic E-state index is 3.75. The lowest BCUT2D eigenvalue weighted by molar-refractivity contribution is 0.0809. The van der Waals surface area contributed by atoms with Crippen LogP contribution >= 0.6 is 0 Å². The second-order valence-electron chi connectivity index (χ2n) is 14.4. The number of rotatable bonds is 6. The van der Waals surface area contributed by atoms with Crippen molar-refractivity contribution < 1.29 is 0 Å². The molecular formula is C30H65N3. The van der Waals surface area contributed by atoms with Gasteiger partial charge in [0.25, 0.3) is 0 Å². The SMILES string of the molecule is CCC(C)(C)CC(C)(C)C.CCCCN(C)C1CC(C)(C)NC(C)(C)C1.CN1CCCCC1. The molecule has 0 saturated carbocycles. The Labute approximate surface area is 210 Å². The highest BCUT2D eigenvalue weighted by Crippen LogP contribution is 2.35. The molecule has 3 heteroatoms. The lowest BCUT2D eigenvalue weighted by Gasteiger charge is -2.49. The first-order chi connectivity index (χ1) is 14.9. The van der Waals surface area contributed by atoms with E-state index in [4.69, 9.17) is 0 Å². The molecule has 0 amide bonds. The highest BCUT2D eigenvalue weighted by atomic mass is 15.2. The van der Waals surface area contributed by atoms with Crippen LogP contribution in [-0.2, 0) is 0 Å².